The predicted molar refractivity (Wildman–Crippen MR) is 131 cm³/mol. The second-order valence-corrected chi connectivity index (χ2v) is 8.93. The Kier molecular flexibility index (Phi) is 6.15. The highest BCUT2D eigenvalue weighted by Crippen LogP contribution is 2.33. The summed E-state index contributed by atoms with van der Waals surface area (Å²) in [6.07, 6.45) is 5.31. The van der Waals surface area contributed by atoms with Crippen molar-refractivity contribution in [1.82, 2.24) is 24.3 Å². The van der Waals surface area contributed by atoms with Gasteiger partial charge in [-0.05, 0) is 57.5 Å². The monoisotopic (exact) mass is 458 g/mol. The number of imide groups is 1. The molecular formula is C26H30N6O2. The third-order valence-corrected chi connectivity index (χ3v) is 6.89. The highest BCUT2D eigenvalue weighted by Gasteiger charge is 2.41. The van der Waals surface area contributed by atoms with Crippen LogP contribution in [-0.2, 0) is 0 Å². The number of anilines is 1. The molecule has 5 heterocycles. The highest BCUT2D eigenvalue weighted by molar-refractivity contribution is 6.22. The lowest BCUT2D eigenvalue weighted by Gasteiger charge is -2.35. The number of hydrogen-bond acceptors (Lipinski definition) is 6. The summed E-state index contributed by atoms with van der Waals surface area (Å²) in [6, 6.07) is 11.7. The SMILES string of the molecule is Cc1c2c(c(C)n1-c1ccccn1)C(=O)N(CCCCN1CCN(c3ccccn3)CC1)C2=O. The summed E-state index contributed by atoms with van der Waals surface area (Å²) in [5.74, 6) is 1.40. The van der Waals surface area contributed by atoms with Crippen LogP contribution < -0.4 is 4.90 Å². The zero-order valence-corrected chi connectivity index (χ0v) is 19.8. The van der Waals surface area contributed by atoms with E-state index < -0.39 is 0 Å². The lowest BCUT2D eigenvalue weighted by molar-refractivity contribution is 0.0648. The van der Waals surface area contributed by atoms with E-state index in [4.69, 9.17) is 0 Å². The summed E-state index contributed by atoms with van der Waals surface area (Å²) in [5, 5.41) is 0. The largest absolute Gasteiger partial charge is 0.354 e. The molecular weight excluding hydrogens is 428 g/mol. The van der Waals surface area contributed by atoms with Crippen LogP contribution in [0.15, 0.2) is 48.8 Å². The maximum atomic E-state index is 13.1. The van der Waals surface area contributed by atoms with Crippen molar-refractivity contribution in [3.8, 4) is 5.82 Å². The number of fused-ring (bicyclic) bond motifs is 1. The average molecular weight is 459 g/mol. The standard InChI is InChI=1S/C26H30N6O2/c1-19-23-24(20(2)32(19)22-10-4-6-12-28-22)26(34)31(25(23)33)14-8-7-13-29-15-17-30(18-16-29)21-9-3-5-11-27-21/h3-6,9-12H,7-8,13-18H2,1-2H3. The molecule has 1 saturated heterocycles. The van der Waals surface area contributed by atoms with E-state index in [1.807, 2.05) is 54.9 Å². The minimum atomic E-state index is -0.181. The van der Waals surface area contributed by atoms with Crippen molar-refractivity contribution in [3.63, 3.8) is 0 Å². The second-order valence-electron chi connectivity index (χ2n) is 8.93. The van der Waals surface area contributed by atoms with E-state index in [1.54, 1.807) is 6.20 Å². The molecule has 0 radical (unpaired) electrons. The van der Waals surface area contributed by atoms with Gasteiger partial charge in [0.2, 0.25) is 0 Å². The smallest absolute Gasteiger partial charge is 0.263 e. The van der Waals surface area contributed by atoms with Crippen LogP contribution in [0.1, 0.15) is 44.9 Å². The summed E-state index contributed by atoms with van der Waals surface area (Å²) in [5.41, 5.74) is 2.60. The zero-order valence-electron chi connectivity index (χ0n) is 19.8. The van der Waals surface area contributed by atoms with E-state index in [0.29, 0.717) is 17.7 Å². The average Bonchev–Trinajstić information content (AvgIpc) is 3.28. The van der Waals surface area contributed by atoms with Crippen LogP contribution in [0, 0.1) is 13.8 Å². The van der Waals surface area contributed by atoms with Crippen molar-refractivity contribution in [2.45, 2.75) is 26.7 Å². The molecule has 8 heteroatoms. The number of aromatic nitrogens is 3. The molecule has 0 N–H and O–H groups in total. The number of amides is 2. The fourth-order valence-corrected chi connectivity index (χ4v) is 5.10. The minimum Gasteiger partial charge on any atom is -0.354 e. The fourth-order valence-electron chi connectivity index (χ4n) is 5.10. The molecule has 2 aliphatic rings. The van der Waals surface area contributed by atoms with E-state index in [1.165, 1.54) is 4.90 Å². The molecule has 0 unspecified atom stereocenters. The molecule has 5 rings (SSSR count). The van der Waals surface area contributed by atoms with Gasteiger partial charge < -0.3 is 9.47 Å². The van der Waals surface area contributed by atoms with Crippen LogP contribution >= 0.6 is 0 Å². The molecule has 0 aromatic carbocycles. The molecule has 176 valence electrons. The van der Waals surface area contributed by atoms with Crippen molar-refractivity contribution in [3.05, 3.63) is 71.3 Å². The van der Waals surface area contributed by atoms with Crippen LogP contribution in [0.2, 0.25) is 0 Å². The summed E-state index contributed by atoms with van der Waals surface area (Å²) in [4.78, 5) is 41.3. The maximum Gasteiger partial charge on any atom is 0.263 e. The highest BCUT2D eigenvalue weighted by atomic mass is 16.2. The third-order valence-electron chi connectivity index (χ3n) is 6.89. The molecule has 3 aromatic rings. The molecule has 2 amide bonds. The molecule has 8 nitrogen and oxygen atoms in total. The Labute approximate surface area is 199 Å². The van der Waals surface area contributed by atoms with Crippen LogP contribution in [0.25, 0.3) is 5.82 Å². The van der Waals surface area contributed by atoms with Crippen molar-refractivity contribution in [1.29, 1.82) is 0 Å². The number of carbonyl (C=O) groups is 2. The molecule has 34 heavy (non-hydrogen) atoms. The third kappa shape index (κ3) is 3.98. The van der Waals surface area contributed by atoms with E-state index in [0.717, 1.165) is 68.6 Å². The molecule has 0 atom stereocenters. The van der Waals surface area contributed by atoms with Gasteiger partial charge in [0.15, 0.2) is 0 Å². The van der Waals surface area contributed by atoms with Gasteiger partial charge in [-0.2, -0.15) is 0 Å². The van der Waals surface area contributed by atoms with Gasteiger partial charge in [0.05, 0.1) is 11.1 Å². The Bertz CT molecular complexity index is 1140. The Hall–Kier alpha value is -3.52. The number of rotatable bonds is 7. The molecule has 3 aromatic heterocycles. The van der Waals surface area contributed by atoms with Gasteiger partial charge in [0.25, 0.3) is 11.8 Å². The second kappa shape index (κ2) is 9.38. The number of piperazine rings is 1. The van der Waals surface area contributed by atoms with E-state index in [2.05, 4.69) is 25.8 Å². The first-order chi connectivity index (χ1) is 16.6. The lowest BCUT2D eigenvalue weighted by atomic mass is 10.1. The molecule has 1 fully saturated rings. The Morgan fingerprint density at radius 1 is 0.735 bits per heavy atom. The van der Waals surface area contributed by atoms with Crippen molar-refractivity contribution in [2.24, 2.45) is 0 Å². The van der Waals surface area contributed by atoms with Gasteiger partial charge in [-0.3, -0.25) is 19.4 Å². The molecule has 0 aliphatic carbocycles. The topological polar surface area (TPSA) is 74.6 Å². The first kappa shape index (κ1) is 22.3. The molecule has 0 spiro atoms. The fraction of sp³-hybridized carbons (Fsp3) is 0.385. The van der Waals surface area contributed by atoms with Gasteiger partial charge in [-0.1, -0.05) is 12.1 Å². The van der Waals surface area contributed by atoms with Gasteiger partial charge in [-0.25, -0.2) is 9.97 Å². The van der Waals surface area contributed by atoms with E-state index in [-0.39, 0.29) is 11.8 Å². The van der Waals surface area contributed by atoms with Crippen LogP contribution in [0.4, 0.5) is 5.82 Å². The van der Waals surface area contributed by atoms with Crippen LogP contribution in [-0.4, -0.2) is 75.4 Å². The number of nitrogens with zero attached hydrogens (tertiary/aromatic N) is 6. The number of unbranched alkanes of at least 4 members (excludes halogenated alkanes) is 1. The van der Waals surface area contributed by atoms with Crippen molar-refractivity contribution in [2.75, 3.05) is 44.2 Å². The van der Waals surface area contributed by atoms with Gasteiger partial charge in [-0.15, -0.1) is 0 Å². The normalized spacial score (nSPS) is 16.4. The van der Waals surface area contributed by atoms with Crippen LogP contribution in [0.3, 0.4) is 0 Å². The molecule has 2 aliphatic heterocycles. The Morgan fingerprint density at radius 3 is 1.85 bits per heavy atom. The summed E-state index contributed by atoms with van der Waals surface area (Å²) in [6.45, 7) is 9.15. The zero-order chi connectivity index (χ0) is 23.7. The Balaban J connectivity index is 1.15. The van der Waals surface area contributed by atoms with Crippen molar-refractivity contribution >= 4 is 17.6 Å². The van der Waals surface area contributed by atoms with Gasteiger partial charge >= 0.3 is 0 Å². The van der Waals surface area contributed by atoms with E-state index in [9.17, 15) is 9.59 Å². The van der Waals surface area contributed by atoms with Crippen molar-refractivity contribution < 1.29 is 9.59 Å². The van der Waals surface area contributed by atoms with Crippen LogP contribution in [0.5, 0.6) is 0 Å². The first-order valence-corrected chi connectivity index (χ1v) is 11.9. The predicted octanol–water partition coefficient (Wildman–Crippen LogP) is 3.08. The van der Waals surface area contributed by atoms with Gasteiger partial charge in [0, 0.05) is 56.5 Å². The van der Waals surface area contributed by atoms with Gasteiger partial charge in [0.1, 0.15) is 11.6 Å². The number of carbonyl (C=O) groups excluding carboxylic acids is 2. The number of pyridine rings is 2. The number of hydrogen-bond donors (Lipinski definition) is 0. The minimum absolute atomic E-state index is 0.181. The molecule has 0 bridgehead atoms. The van der Waals surface area contributed by atoms with E-state index >= 15 is 0 Å². The quantitative estimate of drug-likeness (QED) is 0.400. The Morgan fingerprint density at radius 2 is 1.29 bits per heavy atom. The lowest BCUT2D eigenvalue weighted by Crippen LogP contribution is -2.47. The summed E-state index contributed by atoms with van der Waals surface area (Å²) in [7, 11) is 0. The molecule has 0 saturated carbocycles. The summed E-state index contributed by atoms with van der Waals surface area (Å²) >= 11 is 0. The first-order valence-electron chi connectivity index (χ1n) is 11.9. The maximum absolute atomic E-state index is 13.1. The summed E-state index contributed by atoms with van der Waals surface area (Å²) < 4.78 is 1.91.